The molecule has 0 fully saturated rings. The Kier molecular flexibility index (Phi) is 4.64. The number of fused-ring (bicyclic) bond motifs is 2. The molecule has 2 aromatic carbocycles. The van der Waals surface area contributed by atoms with E-state index in [2.05, 4.69) is 25.3 Å². The van der Waals surface area contributed by atoms with Gasteiger partial charge in [0.15, 0.2) is 5.16 Å². The van der Waals surface area contributed by atoms with Crippen LogP contribution in [0.25, 0.3) is 21.9 Å². The maximum absolute atomic E-state index is 12.3. The van der Waals surface area contributed by atoms with E-state index in [9.17, 15) is 9.59 Å². The second-order valence-electron chi connectivity index (χ2n) is 6.11. The molecule has 2 heterocycles. The molecule has 1 atom stereocenters. The van der Waals surface area contributed by atoms with E-state index in [1.165, 1.54) is 11.8 Å². The first kappa shape index (κ1) is 17.3. The second kappa shape index (κ2) is 7.24. The molecule has 0 spiro atoms. The number of thioether (sulfide) groups is 1. The Morgan fingerprint density at radius 3 is 2.63 bits per heavy atom. The van der Waals surface area contributed by atoms with Crippen LogP contribution >= 0.6 is 11.8 Å². The molecule has 2 aromatic heterocycles. The van der Waals surface area contributed by atoms with Crippen LogP contribution in [-0.4, -0.2) is 31.6 Å². The van der Waals surface area contributed by atoms with Gasteiger partial charge in [-0.3, -0.25) is 9.59 Å². The van der Waals surface area contributed by atoms with Crippen LogP contribution in [0, 0.1) is 0 Å². The number of para-hydroxylation sites is 3. The molecule has 1 amide bonds. The van der Waals surface area contributed by atoms with Crippen LogP contribution in [0.4, 0.5) is 0 Å². The zero-order valence-corrected chi connectivity index (χ0v) is 15.3. The predicted molar refractivity (Wildman–Crippen MR) is 106 cm³/mol. The van der Waals surface area contributed by atoms with Crippen LogP contribution < -0.4 is 10.9 Å². The maximum Gasteiger partial charge on any atom is 0.259 e. The van der Waals surface area contributed by atoms with Gasteiger partial charge in [0.25, 0.3) is 5.56 Å². The van der Waals surface area contributed by atoms with E-state index >= 15 is 0 Å². The third-order valence-corrected chi connectivity index (χ3v) is 5.00. The molecule has 136 valence electrons. The fourth-order valence-corrected chi connectivity index (χ4v) is 3.48. The van der Waals surface area contributed by atoms with E-state index in [0.29, 0.717) is 21.9 Å². The molecule has 0 bridgehead atoms. The van der Waals surface area contributed by atoms with E-state index in [1.807, 2.05) is 37.3 Å². The van der Waals surface area contributed by atoms with Gasteiger partial charge in [0.05, 0.1) is 33.7 Å². The number of amides is 1. The monoisotopic (exact) mass is 379 g/mol. The first-order valence-corrected chi connectivity index (χ1v) is 9.44. The largest absolute Gasteiger partial charge is 0.346 e. The number of aromatic nitrogens is 4. The fraction of sp³-hybridized carbons (Fsp3) is 0.158. The van der Waals surface area contributed by atoms with Crippen LogP contribution in [0.2, 0.25) is 0 Å². The summed E-state index contributed by atoms with van der Waals surface area (Å²) in [5.74, 6) is 0.682. The number of nitrogens with zero attached hydrogens (tertiary/aromatic N) is 2. The Labute approximate surface area is 158 Å². The number of aromatic amines is 2. The van der Waals surface area contributed by atoms with Crippen LogP contribution in [0.5, 0.6) is 0 Å². The van der Waals surface area contributed by atoms with Crippen LogP contribution in [0.1, 0.15) is 18.8 Å². The number of rotatable bonds is 5. The van der Waals surface area contributed by atoms with E-state index in [-0.39, 0.29) is 23.3 Å². The van der Waals surface area contributed by atoms with Crippen molar-refractivity contribution in [3.63, 3.8) is 0 Å². The zero-order chi connectivity index (χ0) is 18.8. The van der Waals surface area contributed by atoms with E-state index in [1.54, 1.807) is 18.2 Å². The summed E-state index contributed by atoms with van der Waals surface area (Å²) < 4.78 is 0. The number of hydrogen-bond donors (Lipinski definition) is 3. The summed E-state index contributed by atoms with van der Waals surface area (Å²) in [5, 5.41) is 3.86. The normalized spacial score (nSPS) is 12.3. The first-order valence-electron chi connectivity index (χ1n) is 8.46. The Morgan fingerprint density at radius 1 is 1.07 bits per heavy atom. The molecular weight excluding hydrogens is 362 g/mol. The Morgan fingerprint density at radius 2 is 1.81 bits per heavy atom. The standard InChI is InChI=1S/C19H17N5O2S/c1-11(17-21-14-8-4-5-9-15(14)22-17)20-16(25)10-27-19-23-13-7-3-2-6-12(13)18(26)24-19/h2-9,11H,10H2,1H3,(H,20,25)(H,21,22)(H,23,24,26). The number of benzene rings is 2. The molecule has 0 saturated carbocycles. The number of imidazole rings is 1. The lowest BCUT2D eigenvalue weighted by Gasteiger charge is -2.11. The van der Waals surface area contributed by atoms with E-state index < -0.39 is 0 Å². The van der Waals surface area contributed by atoms with Crippen LogP contribution in [0.15, 0.2) is 58.5 Å². The van der Waals surface area contributed by atoms with Crippen molar-refractivity contribution in [3.8, 4) is 0 Å². The summed E-state index contributed by atoms with van der Waals surface area (Å²) in [7, 11) is 0. The number of H-pyrrole nitrogens is 2. The van der Waals surface area contributed by atoms with Gasteiger partial charge >= 0.3 is 0 Å². The van der Waals surface area contributed by atoms with Gasteiger partial charge in [-0.25, -0.2) is 9.97 Å². The number of hydrogen-bond acceptors (Lipinski definition) is 5. The number of nitrogens with one attached hydrogen (secondary N) is 3. The lowest BCUT2D eigenvalue weighted by atomic mass is 10.2. The molecule has 3 N–H and O–H groups in total. The highest BCUT2D eigenvalue weighted by Crippen LogP contribution is 2.17. The minimum Gasteiger partial charge on any atom is -0.346 e. The van der Waals surface area contributed by atoms with Crippen LogP contribution in [0.3, 0.4) is 0 Å². The van der Waals surface area contributed by atoms with Crippen molar-refractivity contribution in [2.24, 2.45) is 0 Å². The van der Waals surface area contributed by atoms with Gasteiger partial charge < -0.3 is 15.3 Å². The number of carbonyl (C=O) groups is 1. The molecule has 0 radical (unpaired) electrons. The summed E-state index contributed by atoms with van der Waals surface area (Å²) in [4.78, 5) is 39.1. The topological polar surface area (TPSA) is 104 Å². The average molecular weight is 379 g/mol. The average Bonchev–Trinajstić information content (AvgIpc) is 3.11. The molecule has 0 aliphatic heterocycles. The summed E-state index contributed by atoms with van der Waals surface area (Å²) in [6, 6.07) is 14.6. The molecule has 1 unspecified atom stereocenters. The summed E-state index contributed by atoms with van der Waals surface area (Å²) in [6.07, 6.45) is 0. The van der Waals surface area contributed by atoms with Crippen molar-refractivity contribution in [1.29, 1.82) is 0 Å². The zero-order valence-electron chi connectivity index (χ0n) is 14.5. The molecule has 4 rings (SSSR count). The SMILES string of the molecule is CC(NC(=O)CSc1nc2ccccc2c(=O)[nH]1)c1nc2ccccc2[nH]1. The molecule has 0 aliphatic carbocycles. The summed E-state index contributed by atoms with van der Waals surface area (Å²) in [6.45, 7) is 1.87. The highest BCUT2D eigenvalue weighted by molar-refractivity contribution is 7.99. The minimum absolute atomic E-state index is 0.145. The molecule has 4 aromatic rings. The van der Waals surface area contributed by atoms with Crippen LogP contribution in [-0.2, 0) is 4.79 Å². The van der Waals surface area contributed by atoms with E-state index in [0.717, 1.165) is 11.0 Å². The van der Waals surface area contributed by atoms with Crippen molar-refractivity contribution in [2.45, 2.75) is 18.1 Å². The quantitative estimate of drug-likeness (QED) is 0.365. The van der Waals surface area contributed by atoms with Crippen molar-refractivity contribution >= 4 is 39.6 Å². The highest BCUT2D eigenvalue weighted by atomic mass is 32.2. The van der Waals surface area contributed by atoms with Gasteiger partial charge in [-0.15, -0.1) is 0 Å². The minimum atomic E-state index is -0.255. The first-order chi connectivity index (χ1) is 13.1. The van der Waals surface area contributed by atoms with Gasteiger partial charge in [0.1, 0.15) is 5.82 Å². The molecule has 0 aliphatic rings. The molecule has 27 heavy (non-hydrogen) atoms. The maximum atomic E-state index is 12.3. The summed E-state index contributed by atoms with van der Waals surface area (Å²) >= 11 is 1.19. The third kappa shape index (κ3) is 3.70. The Bertz CT molecular complexity index is 1150. The van der Waals surface area contributed by atoms with Gasteiger partial charge in [0.2, 0.25) is 5.91 Å². The van der Waals surface area contributed by atoms with Gasteiger partial charge in [-0.1, -0.05) is 36.0 Å². The fourth-order valence-electron chi connectivity index (χ4n) is 2.80. The van der Waals surface area contributed by atoms with Gasteiger partial charge in [-0.2, -0.15) is 0 Å². The Hall–Kier alpha value is -3.13. The van der Waals surface area contributed by atoms with E-state index in [4.69, 9.17) is 0 Å². The highest BCUT2D eigenvalue weighted by Gasteiger charge is 2.14. The number of carbonyl (C=O) groups excluding carboxylic acids is 1. The molecule has 8 heteroatoms. The molecule has 0 saturated heterocycles. The third-order valence-electron chi connectivity index (χ3n) is 4.13. The smallest absolute Gasteiger partial charge is 0.259 e. The van der Waals surface area contributed by atoms with Crippen molar-refractivity contribution < 1.29 is 4.79 Å². The Balaban J connectivity index is 1.41. The molecular formula is C19H17N5O2S. The molecule has 7 nitrogen and oxygen atoms in total. The van der Waals surface area contributed by atoms with Crippen molar-refractivity contribution in [1.82, 2.24) is 25.3 Å². The van der Waals surface area contributed by atoms with Gasteiger partial charge in [0, 0.05) is 0 Å². The predicted octanol–water partition coefficient (Wildman–Crippen LogP) is 2.77. The van der Waals surface area contributed by atoms with Crippen molar-refractivity contribution in [3.05, 3.63) is 64.7 Å². The lowest BCUT2D eigenvalue weighted by Crippen LogP contribution is -2.29. The van der Waals surface area contributed by atoms with Gasteiger partial charge in [-0.05, 0) is 31.2 Å². The lowest BCUT2D eigenvalue weighted by molar-refractivity contribution is -0.119. The summed E-state index contributed by atoms with van der Waals surface area (Å²) in [5.41, 5.74) is 2.20. The second-order valence-corrected chi connectivity index (χ2v) is 7.07. The van der Waals surface area contributed by atoms with Crippen molar-refractivity contribution in [2.75, 3.05) is 5.75 Å².